The SMILES string of the molecule is Cc1cc(C)cc(CS(=O)Cc2ccc(CN)cc2F)c1. The van der Waals surface area contributed by atoms with E-state index in [-0.39, 0.29) is 11.6 Å². The lowest BCUT2D eigenvalue weighted by atomic mass is 10.1. The summed E-state index contributed by atoms with van der Waals surface area (Å²) in [4.78, 5) is 0. The first-order valence-electron chi connectivity index (χ1n) is 6.87. The van der Waals surface area contributed by atoms with Crippen LogP contribution in [-0.2, 0) is 28.9 Å². The Morgan fingerprint density at radius 3 is 2.24 bits per heavy atom. The van der Waals surface area contributed by atoms with Crippen molar-refractivity contribution in [2.45, 2.75) is 31.9 Å². The molecule has 2 N–H and O–H groups in total. The normalized spacial score (nSPS) is 12.4. The lowest BCUT2D eigenvalue weighted by Crippen LogP contribution is -2.04. The number of benzene rings is 2. The van der Waals surface area contributed by atoms with Gasteiger partial charge in [-0.3, -0.25) is 4.21 Å². The summed E-state index contributed by atoms with van der Waals surface area (Å²) in [5, 5.41) is 0. The van der Waals surface area contributed by atoms with E-state index in [1.807, 2.05) is 26.0 Å². The van der Waals surface area contributed by atoms with E-state index in [0.29, 0.717) is 17.9 Å². The number of aryl methyl sites for hydroxylation is 2. The van der Waals surface area contributed by atoms with E-state index < -0.39 is 10.8 Å². The summed E-state index contributed by atoms with van der Waals surface area (Å²) in [5.74, 6) is 0.344. The topological polar surface area (TPSA) is 43.1 Å². The van der Waals surface area contributed by atoms with Gasteiger partial charge in [0.1, 0.15) is 5.82 Å². The van der Waals surface area contributed by atoms with Gasteiger partial charge in [0.25, 0.3) is 0 Å². The summed E-state index contributed by atoms with van der Waals surface area (Å²) in [6, 6.07) is 11.0. The molecular weight excluding hydrogens is 285 g/mol. The van der Waals surface area contributed by atoms with Crippen molar-refractivity contribution in [3.8, 4) is 0 Å². The van der Waals surface area contributed by atoms with E-state index >= 15 is 0 Å². The lowest BCUT2D eigenvalue weighted by molar-refractivity contribution is 0.613. The molecule has 0 bridgehead atoms. The predicted octanol–water partition coefficient (Wildman–Crippen LogP) is 3.35. The Balaban J connectivity index is 2.08. The molecule has 0 saturated carbocycles. The standard InChI is InChI=1S/C17H20FNOS/c1-12-5-13(2)7-15(6-12)10-21(20)11-16-4-3-14(9-19)8-17(16)18/h3-8H,9-11,19H2,1-2H3. The van der Waals surface area contributed by atoms with Gasteiger partial charge in [-0.2, -0.15) is 0 Å². The number of nitrogens with two attached hydrogens (primary N) is 1. The second kappa shape index (κ2) is 6.96. The minimum atomic E-state index is -1.13. The Labute approximate surface area is 127 Å². The van der Waals surface area contributed by atoms with Crippen LogP contribution < -0.4 is 5.73 Å². The lowest BCUT2D eigenvalue weighted by Gasteiger charge is -2.07. The van der Waals surface area contributed by atoms with Crippen molar-refractivity contribution in [1.29, 1.82) is 0 Å². The molecule has 2 nitrogen and oxygen atoms in total. The second-order valence-electron chi connectivity index (χ2n) is 5.35. The van der Waals surface area contributed by atoms with Gasteiger partial charge in [-0.25, -0.2) is 4.39 Å². The molecule has 112 valence electrons. The zero-order valence-electron chi connectivity index (χ0n) is 12.4. The van der Waals surface area contributed by atoms with Crippen molar-refractivity contribution in [3.05, 3.63) is 70.0 Å². The third kappa shape index (κ3) is 4.48. The van der Waals surface area contributed by atoms with Crippen LogP contribution in [0, 0.1) is 19.7 Å². The van der Waals surface area contributed by atoms with E-state index in [1.54, 1.807) is 12.1 Å². The maximum Gasteiger partial charge on any atom is 0.127 e. The fourth-order valence-electron chi connectivity index (χ4n) is 2.40. The van der Waals surface area contributed by atoms with Gasteiger partial charge in [0.05, 0.1) is 5.75 Å². The zero-order valence-corrected chi connectivity index (χ0v) is 13.2. The van der Waals surface area contributed by atoms with Crippen LogP contribution in [0.3, 0.4) is 0 Å². The van der Waals surface area contributed by atoms with Crippen molar-refractivity contribution in [3.63, 3.8) is 0 Å². The van der Waals surface area contributed by atoms with Crippen LogP contribution >= 0.6 is 0 Å². The van der Waals surface area contributed by atoms with Crippen molar-refractivity contribution in [2.24, 2.45) is 5.73 Å². The van der Waals surface area contributed by atoms with Gasteiger partial charge in [-0.05, 0) is 31.0 Å². The van der Waals surface area contributed by atoms with Crippen molar-refractivity contribution in [1.82, 2.24) is 0 Å². The van der Waals surface area contributed by atoms with Crippen LogP contribution in [0.25, 0.3) is 0 Å². The zero-order chi connectivity index (χ0) is 15.4. The molecule has 0 radical (unpaired) electrons. The second-order valence-corrected chi connectivity index (χ2v) is 6.81. The molecule has 0 fully saturated rings. The van der Waals surface area contributed by atoms with Gasteiger partial charge in [0.15, 0.2) is 0 Å². The van der Waals surface area contributed by atoms with Crippen molar-refractivity contribution >= 4 is 10.8 Å². The maximum atomic E-state index is 13.9. The van der Waals surface area contributed by atoms with E-state index in [2.05, 4.69) is 6.07 Å². The van der Waals surface area contributed by atoms with E-state index in [1.165, 1.54) is 6.07 Å². The Hall–Kier alpha value is -1.52. The van der Waals surface area contributed by atoms with Gasteiger partial charge in [-0.1, -0.05) is 41.5 Å². The third-order valence-corrected chi connectivity index (χ3v) is 4.57. The highest BCUT2D eigenvalue weighted by Gasteiger charge is 2.09. The van der Waals surface area contributed by atoms with E-state index in [9.17, 15) is 8.60 Å². The molecule has 0 amide bonds. The number of hydrogen-bond donors (Lipinski definition) is 1. The Morgan fingerprint density at radius 1 is 1.00 bits per heavy atom. The first kappa shape index (κ1) is 15.9. The summed E-state index contributed by atoms with van der Waals surface area (Å²) in [6.45, 7) is 4.35. The molecule has 0 spiro atoms. The maximum absolute atomic E-state index is 13.9. The first-order chi connectivity index (χ1) is 9.97. The highest BCUT2D eigenvalue weighted by molar-refractivity contribution is 7.83. The summed E-state index contributed by atoms with van der Waals surface area (Å²) in [6.07, 6.45) is 0. The molecule has 2 aromatic rings. The Kier molecular flexibility index (Phi) is 5.26. The van der Waals surface area contributed by atoms with Crippen LogP contribution in [-0.4, -0.2) is 4.21 Å². The molecule has 21 heavy (non-hydrogen) atoms. The van der Waals surface area contributed by atoms with Crippen molar-refractivity contribution in [2.75, 3.05) is 0 Å². The molecule has 2 rings (SSSR count). The Morgan fingerprint density at radius 2 is 1.67 bits per heavy atom. The largest absolute Gasteiger partial charge is 0.326 e. The van der Waals surface area contributed by atoms with Crippen LogP contribution in [0.1, 0.15) is 27.8 Å². The molecule has 4 heteroatoms. The van der Waals surface area contributed by atoms with Crippen LogP contribution in [0.15, 0.2) is 36.4 Å². The first-order valence-corrected chi connectivity index (χ1v) is 8.36. The average Bonchev–Trinajstić information content (AvgIpc) is 2.39. The summed E-state index contributed by atoms with van der Waals surface area (Å²) >= 11 is 0. The minimum absolute atomic E-state index is 0.226. The molecule has 0 aliphatic heterocycles. The number of rotatable bonds is 5. The average molecular weight is 305 g/mol. The van der Waals surface area contributed by atoms with Gasteiger partial charge >= 0.3 is 0 Å². The van der Waals surface area contributed by atoms with Crippen LogP contribution in [0.4, 0.5) is 4.39 Å². The monoisotopic (exact) mass is 305 g/mol. The van der Waals surface area contributed by atoms with Gasteiger partial charge < -0.3 is 5.73 Å². The smallest absolute Gasteiger partial charge is 0.127 e. The number of hydrogen-bond acceptors (Lipinski definition) is 2. The van der Waals surface area contributed by atoms with Gasteiger partial charge in [-0.15, -0.1) is 0 Å². The van der Waals surface area contributed by atoms with E-state index in [0.717, 1.165) is 22.3 Å². The third-order valence-electron chi connectivity index (χ3n) is 3.28. The van der Waals surface area contributed by atoms with E-state index in [4.69, 9.17) is 5.73 Å². The van der Waals surface area contributed by atoms with Crippen LogP contribution in [0.5, 0.6) is 0 Å². The molecule has 0 aromatic heterocycles. The summed E-state index contributed by atoms with van der Waals surface area (Å²) in [7, 11) is -1.13. The van der Waals surface area contributed by atoms with Crippen molar-refractivity contribution < 1.29 is 8.60 Å². The molecule has 0 heterocycles. The highest BCUT2D eigenvalue weighted by Crippen LogP contribution is 2.16. The summed E-state index contributed by atoms with van der Waals surface area (Å²) < 4.78 is 26.1. The molecule has 1 unspecified atom stereocenters. The molecule has 2 aromatic carbocycles. The van der Waals surface area contributed by atoms with Crippen LogP contribution in [0.2, 0.25) is 0 Å². The van der Waals surface area contributed by atoms with Gasteiger partial charge in [0, 0.05) is 28.7 Å². The van der Waals surface area contributed by atoms with Gasteiger partial charge in [0.2, 0.25) is 0 Å². The summed E-state index contributed by atoms with van der Waals surface area (Å²) in [5.41, 5.74) is 10.0. The molecule has 0 aliphatic carbocycles. The Bertz CT molecular complexity index is 650. The quantitative estimate of drug-likeness (QED) is 0.920. The fourth-order valence-corrected chi connectivity index (χ4v) is 3.62. The molecule has 1 atom stereocenters. The molecule has 0 aliphatic rings. The number of halogens is 1. The minimum Gasteiger partial charge on any atom is -0.326 e. The highest BCUT2D eigenvalue weighted by atomic mass is 32.2. The molecular formula is C17H20FNOS. The predicted molar refractivity (Wildman–Crippen MR) is 85.8 cm³/mol. The molecule has 0 saturated heterocycles. The fraction of sp³-hybridized carbons (Fsp3) is 0.294.